The molecule has 1 fully saturated rings. The number of nitrogens with zero attached hydrogens (tertiary/aromatic N) is 3. The van der Waals surface area contributed by atoms with Crippen LogP contribution in [0.15, 0.2) is 11.4 Å². The van der Waals surface area contributed by atoms with Crippen molar-refractivity contribution in [3.05, 3.63) is 21.9 Å². The van der Waals surface area contributed by atoms with Gasteiger partial charge < -0.3 is 4.90 Å². The molecule has 2 atom stereocenters. The summed E-state index contributed by atoms with van der Waals surface area (Å²) in [5, 5.41) is 11.5. The molecule has 1 saturated heterocycles. The molecule has 0 radical (unpaired) electrons. The van der Waals surface area contributed by atoms with Crippen LogP contribution in [0.1, 0.15) is 23.4 Å². The average Bonchev–Trinajstić information content (AvgIpc) is 2.71. The summed E-state index contributed by atoms with van der Waals surface area (Å²) < 4.78 is 0. The lowest BCUT2D eigenvalue weighted by Crippen LogP contribution is -2.50. The van der Waals surface area contributed by atoms with Gasteiger partial charge in [0.05, 0.1) is 6.07 Å². The second-order valence-corrected chi connectivity index (χ2v) is 5.77. The highest BCUT2D eigenvalue weighted by Crippen LogP contribution is 2.29. The Balaban J connectivity index is 2.16. The molecule has 0 bridgehead atoms. The van der Waals surface area contributed by atoms with Crippen molar-refractivity contribution >= 4 is 11.3 Å². The van der Waals surface area contributed by atoms with Crippen LogP contribution >= 0.6 is 11.3 Å². The Hall–Kier alpha value is -0.890. The van der Waals surface area contributed by atoms with Crippen LogP contribution in [0.2, 0.25) is 0 Å². The molecule has 4 heteroatoms. The Kier molecular flexibility index (Phi) is 3.82. The molecule has 0 amide bonds. The number of likely N-dealkylation sites (N-methyl/N-ethyl adjacent to an activating group) is 1. The summed E-state index contributed by atoms with van der Waals surface area (Å²) in [5.41, 5.74) is 1.24. The molecular formula is C13H19N3S. The van der Waals surface area contributed by atoms with Crippen LogP contribution in [0.25, 0.3) is 0 Å². The molecule has 3 nitrogen and oxygen atoms in total. The van der Waals surface area contributed by atoms with Gasteiger partial charge in [-0.3, -0.25) is 4.90 Å². The summed E-state index contributed by atoms with van der Waals surface area (Å²) in [7, 11) is 2.15. The minimum Gasteiger partial charge on any atom is -0.301 e. The van der Waals surface area contributed by atoms with Crippen LogP contribution in [0.5, 0.6) is 0 Å². The van der Waals surface area contributed by atoms with Gasteiger partial charge in [-0.1, -0.05) is 0 Å². The second-order valence-electron chi connectivity index (χ2n) is 4.82. The van der Waals surface area contributed by atoms with Crippen LogP contribution in [0, 0.1) is 18.3 Å². The van der Waals surface area contributed by atoms with E-state index in [1.54, 1.807) is 11.3 Å². The summed E-state index contributed by atoms with van der Waals surface area (Å²) in [6.45, 7) is 7.32. The van der Waals surface area contributed by atoms with Crippen LogP contribution in [-0.4, -0.2) is 42.5 Å². The van der Waals surface area contributed by atoms with Gasteiger partial charge in [-0.2, -0.15) is 5.26 Å². The van der Waals surface area contributed by atoms with Crippen molar-refractivity contribution in [3.8, 4) is 6.07 Å². The van der Waals surface area contributed by atoms with E-state index >= 15 is 0 Å². The molecule has 92 valence electrons. The second kappa shape index (κ2) is 5.18. The highest BCUT2D eigenvalue weighted by molar-refractivity contribution is 7.10. The lowest BCUT2D eigenvalue weighted by atomic mass is 10.1. The maximum Gasteiger partial charge on any atom is 0.133 e. The molecule has 1 aromatic heterocycles. The van der Waals surface area contributed by atoms with Crippen molar-refractivity contribution in [1.82, 2.24) is 9.80 Å². The summed E-state index contributed by atoms with van der Waals surface area (Å²) >= 11 is 1.70. The summed E-state index contributed by atoms with van der Waals surface area (Å²) in [5.74, 6) is 0. The van der Waals surface area contributed by atoms with E-state index in [0.29, 0.717) is 6.04 Å². The quantitative estimate of drug-likeness (QED) is 0.805. The van der Waals surface area contributed by atoms with Gasteiger partial charge in [-0.15, -0.1) is 11.3 Å². The van der Waals surface area contributed by atoms with Gasteiger partial charge in [0.25, 0.3) is 0 Å². The van der Waals surface area contributed by atoms with Crippen molar-refractivity contribution in [1.29, 1.82) is 5.26 Å². The topological polar surface area (TPSA) is 30.3 Å². The van der Waals surface area contributed by atoms with Crippen molar-refractivity contribution in [2.45, 2.75) is 25.9 Å². The lowest BCUT2D eigenvalue weighted by molar-refractivity contribution is 0.0889. The zero-order valence-electron chi connectivity index (χ0n) is 10.7. The van der Waals surface area contributed by atoms with Gasteiger partial charge >= 0.3 is 0 Å². The summed E-state index contributed by atoms with van der Waals surface area (Å²) in [6, 6.07) is 5.03. The molecular weight excluding hydrogens is 230 g/mol. The fourth-order valence-corrected chi connectivity index (χ4v) is 3.29. The zero-order valence-corrected chi connectivity index (χ0v) is 11.5. The van der Waals surface area contributed by atoms with Gasteiger partial charge in [0, 0.05) is 30.6 Å². The molecule has 0 aromatic carbocycles. The van der Waals surface area contributed by atoms with Crippen molar-refractivity contribution < 1.29 is 0 Å². The normalized spacial score (nSPS) is 24.5. The Bertz CT molecular complexity index is 421. The Morgan fingerprint density at radius 1 is 1.53 bits per heavy atom. The molecule has 2 heterocycles. The zero-order chi connectivity index (χ0) is 12.4. The van der Waals surface area contributed by atoms with E-state index in [-0.39, 0.29) is 6.04 Å². The van der Waals surface area contributed by atoms with Gasteiger partial charge in [0.2, 0.25) is 0 Å². The molecule has 1 aromatic rings. The molecule has 1 aliphatic rings. The number of hydrogen-bond acceptors (Lipinski definition) is 4. The fraction of sp³-hybridized carbons (Fsp3) is 0.615. The van der Waals surface area contributed by atoms with Crippen LogP contribution < -0.4 is 0 Å². The molecule has 1 aliphatic heterocycles. The highest BCUT2D eigenvalue weighted by Gasteiger charge is 2.28. The van der Waals surface area contributed by atoms with E-state index in [1.165, 1.54) is 10.4 Å². The monoisotopic (exact) mass is 249 g/mol. The van der Waals surface area contributed by atoms with E-state index in [2.05, 4.69) is 48.2 Å². The molecule has 2 unspecified atom stereocenters. The Labute approximate surface area is 107 Å². The minimum absolute atomic E-state index is 0.0638. The Morgan fingerprint density at radius 2 is 2.29 bits per heavy atom. The summed E-state index contributed by atoms with van der Waals surface area (Å²) in [4.78, 5) is 5.87. The maximum atomic E-state index is 9.43. The summed E-state index contributed by atoms with van der Waals surface area (Å²) in [6.07, 6.45) is 0. The number of rotatable bonds is 2. The van der Waals surface area contributed by atoms with E-state index < -0.39 is 0 Å². The van der Waals surface area contributed by atoms with E-state index in [0.717, 1.165) is 19.6 Å². The number of thiophene rings is 1. The Morgan fingerprint density at radius 3 is 2.82 bits per heavy atom. The van der Waals surface area contributed by atoms with Gasteiger partial charge in [0.15, 0.2) is 0 Å². The van der Waals surface area contributed by atoms with Crippen LogP contribution in [0.4, 0.5) is 0 Å². The molecule has 2 rings (SSSR count). The highest BCUT2D eigenvalue weighted by atomic mass is 32.1. The first kappa shape index (κ1) is 12.6. The van der Waals surface area contributed by atoms with Crippen molar-refractivity contribution in [2.24, 2.45) is 0 Å². The van der Waals surface area contributed by atoms with Crippen LogP contribution in [-0.2, 0) is 0 Å². The smallest absolute Gasteiger partial charge is 0.133 e. The largest absolute Gasteiger partial charge is 0.301 e. The third-order valence-electron chi connectivity index (χ3n) is 3.63. The van der Waals surface area contributed by atoms with Gasteiger partial charge in [-0.05, 0) is 37.9 Å². The molecule has 0 spiro atoms. The van der Waals surface area contributed by atoms with Gasteiger partial charge in [-0.25, -0.2) is 0 Å². The maximum absolute atomic E-state index is 9.43. The predicted octanol–water partition coefficient (Wildman–Crippen LogP) is 2.26. The SMILES string of the molecule is Cc1ccsc1C(C#N)N1CCN(C)C(C)C1. The molecule has 17 heavy (non-hydrogen) atoms. The third kappa shape index (κ3) is 2.52. The average molecular weight is 249 g/mol. The molecule has 0 N–H and O–H groups in total. The standard InChI is InChI=1S/C13H19N3S/c1-10-4-7-17-13(10)12(8-14)16-6-5-15(3)11(2)9-16/h4,7,11-12H,5-6,9H2,1-3H3. The number of piperazine rings is 1. The molecule has 0 aliphatic carbocycles. The predicted molar refractivity (Wildman–Crippen MR) is 71.1 cm³/mol. The van der Waals surface area contributed by atoms with E-state index in [4.69, 9.17) is 0 Å². The van der Waals surface area contributed by atoms with Crippen molar-refractivity contribution in [2.75, 3.05) is 26.7 Å². The third-order valence-corrected chi connectivity index (χ3v) is 4.70. The first-order valence-electron chi connectivity index (χ1n) is 6.01. The number of nitriles is 1. The molecule has 0 saturated carbocycles. The van der Waals surface area contributed by atoms with Crippen LogP contribution in [0.3, 0.4) is 0 Å². The van der Waals surface area contributed by atoms with E-state index in [1.807, 2.05) is 0 Å². The van der Waals surface area contributed by atoms with E-state index in [9.17, 15) is 5.26 Å². The first-order valence-corrected chi connectivity index (χ1v) is 6.89. The minimum atomic E-state index is -0.0638. The fourth-order valence-electron chi connectivity index (χ4n) is 2.28. The lowest BCUT2D eigenvalue weighted by Gasteiger charge is -2.39. The van der Waals surface area contributed by atoms with Gasteiger partial charge in [0.1, 0.15) is 6.04 Å². The first-order chi connectivity index (χ1) is 8.13. The van der Waals surface area contributed by atoms with Crippen molar-refractivity contribution in [3.63, 3.8) is 0 Å². The number of hydrogen-bond donors (Lipinski definition) is 0. The number of aryl methyl sites for hydroxylation is 1.